The van der Waals surface area contributed by atoms with Crippen molar-refractivity contribution in [2.24, 2.45) is 0 Å². The molecule has 4 heteroatoms. The molecule has 0 saturated heterocycles. The Morgan fingerprint density at radius 3 is 2.79 bits per heavy atom. The molecule has 0 aliphatic carbocycles. The predicted octanol–water partition coefficient (Wildman–Crippen LogP) is 4.10. The lowest BCUT2D eigenvalue weighted by atomic mass is 10.2. The van der Waals surface area contributed by atoms with Gasteiger partial charge in [0.15, 0.2) is 11.5 Å². The Labute approximate surface area is 120 Å². The number of rotatable bonds is 3. The van der Waals surface area contributed by atoms with Gasteiger partial charge in [0.25, 0.3) is 0 Å². The van der Waals surface area contributed by atoms with Crippen LogP contribution in [0.3, 0.4) is 0 Å². The van der Waals surface area contributed by atoms with Gasteiger partial charge in [-0.25, -0.2) is 0 Å². The third-order valence-corrected chi connectivity index (χ3v) is 3.70. The highest BCUT2D eigenvalue weighted by atomic mass is 79.9. The number of aryl methyl sites for hydroxylation is 1. The van der Waals surface area contributed by atoms with E-state index in [2.05, 4.69) is 46.4 Å². The Bertz CT molecular complexity index is 613. The summed E-state index contributed by atoms with van der Waals surface area (Å²) >= 11 is 3.56. The van der Waals surface area contributed by atoms with Gasteiger partial charge in [0.2, 0.25) is 6.79 Å². The maximum absolute atomic E-state index is 5.37. The van der Waals surface area contributed by atoms with E-state index < -0.39 is 0 Å². The smallest absolute Gasteiger partial charge is 0.231 e. The molecule has 2 aromatic rings. The Kier molecular flexibility index (Phi) is 3.34. The molecule has 0 bridgehead atoms. The molecule has 0 fully saturated rings. The maximum Gasteiger partial charge on any atom is 0.231 e. The minimum Gasteiger partial charge on any atom is -0.454 e. The van der Waals surface area contributed by atoms with Gasteiger partial charge in [0.1, 0.15) is 0 Å². The molecule has 1 heterocycles. The van der Waals surface area contributed by atoms with Gasteiger partial charge >= 0.3 is 0 Å². The van der Waals surface area contributed by atoms with Gasteiger partial charge in [-0.3, -0.25) is 0 Å². The molecule has 0 radical (unpaired) electrons. The van der Waals surface area contributed by atoms with Gasteiger partial charge in [-0.2, -0.15) is 0 Å². The average Bonchev–Trinajstić information content (AvgIpc) is 2.85. The van der Waals surface area contributed by atoms with Gasteiger partial charge in [0.05, 0.1) is 0 Å². The van der Waals surface area contributed by atoms with Gasteiger partial charge < -0.3 is 14.8 Å². The molecule has 0 amide bonds. The molecular formula is C15H14BrNO2. The fraction of sp³-hybridized carbons (Fsp3) is 0.200. The molecule has 19 heavy (non-hydrogen) atoms. The minimum absolute atomic E-state index is 0.315. The fourth-order valence-corrected chi connectivity index (χ4v) is 2.65. The molecule has 0 unspecified atom stereocenters. The standard InChI is InChI=1S/C15H14BrNO2/c1-10-2-4-13(12(16)6-10)17-8-11-3-5-14-15(7-11)19-9-18-14/h2-7,17H,8-9H2,1H3. The van der Waals surface area contributed by atoms with Gasteiger partial charge in [0, 0.05) is 16.7 Å². The van der Waals surface area contributed by atoms with E-state index in [4.69, 9.17) is 9.47 Å². The number of nitrogens with one attached hydrogen (secondary N) is 1. The quantitative estimate of drug-likeness (QED) is 0.924. The maximum atomic E-state index is 5.37. The first kappa shape index (κ1) is 12.4. The number of hydrogen-bond acceptors (Lipinski definition) is 3. The van der Waals surface area contributed by atoms with E-state index in [-0.39, 0.29) is 0 Å². The number of halogens is 1. The van der Waals surface area contributed by atoms with Crippen LogP contribution in [0, 0.1) is 6.92 Å². The van der Waals surface area contributed by atoms with E-state index in [1.165, 1.54) is 5.56 Å². The molecular weight excluding hydrogens is 306 g/mol. The number of fused-ring (bicyclic) bond motifs is 1. The van der Waals surface area contributed by atoms with Crippen LogP contribution in [-0.2, 0) is 6.54 Å². The van der Waals surface area contributed by atoms with Crippen molar-refractivity contribution in [2.45, 2.75) is 13.5 Å². The molecule has 0 aromatic heterocycles. The SMILES string of the molecule is Cc1ccc(NCc2ccc3c(c2)OCO3)c(Br)c1. The number of anilines is 1. The Morgan fingerprint density at radius 1 is 1.11 bits per heavy atom. The second-order valence-corrected chi connectivity index (χ2v) is 5.38. The van der Waals surface area contributed by atoms with Gasteiger partial charge in [-0.15, -0.1) is 0 Å². The summed E-state index contributed by atoms with van der Waals surface area (Å²) < 4.78 is 11.7. The molecule has 3 nitrogen and oxygen atoms in total. The molecule has 1 aliphatic heterocycles. The van der Waals surface area contributed by atoms with E-state index in [9.17, 15) is 0 Å². The highest BCUT2D eigenvalue weighted by Crippen LogP contribution is 2.33. The molecule has 98 valence electrons. The van der Waals surface area contributed by atoms with Crippen molar-refractivity contribution in [3.63, 3.8) is 0 Å². The monoisotopic (exact) mass is 319 g/mol. The van der Waals surface area contributed by atoms with Crippen molar-refractivity contribution in [1.29, 1.82) is 0 Å². The van der Waals surface area contributed by atoms with Crippen molar-refractivity contribution in [3.8, 4) is 11.5 Å². The van der Waals surface area contributed by atoms with Crippen molar-refractivity contribution in [1.82, 2.24) is 0 Å². The lowest BCUT2D eigenvalue weighted by molar-refractivity contribution is 0.174. The summed E-state index contributed by atoms with van der Waals surface area (Å²) in [6.45, 7) is 3.14. The van der Waals surface area contributed by atoms with Gasteiger partial charge in [-0.05, 0) is 58.2 Å². The third kappa shape index (κ3) is 2.68. The molecule has 1 aliphatic rings. The summed E-state index contributed by atoms with van der Waals surface area (Å²) in [5.41, 5.74) is 3.49. The van der Waals surface area contributed by atoms with E-state index in [1.54, 1.807) is 0 Å². The summed E-state index contributed by atoms with van der Waals surface area (Å²) in [7, 11) is 0. The average molecular weight is 320 g/mol. The number of benzene rings is 2. The Balaban J connectivity index is 1.72. The molecule has 0 saturated carbocycles. The fourth-order valence-electron chi connectivity index (χ4n) is 2.01. The number of ether oxygens (including phenoxy) is 2. The van der Waals surface area contributed by atoms with Crippen LogP contribution in [0.15, 0.2) is 40.9 Å². The third-order valence-electron chi connectivity index (χ3n) is 3.04. The normalized spacial score (nSPS) is 12.5. The summed E-state index contributed by atoms with van der Waals surface area (Å²) in [4.78, 5) is 0. The van der Waals surface area contributed by atoms with Crippen LogP contribution >= 0.6 is 15.9 Å². The zero-order valence-corrected chi connectivity index (χ0v) is 12.2. The largest absolute Gasteiger partial charge is 0.454 e. The lowest BCUT2D eigenvalue weighted by Gasteiger charge is -2.09. The highest BCUT2D eigenvalue weighted by Gasteiger charge is 2.13. The zero-order chi connectivity index (χ0) is 13.2. The Morgan fingerprint density at radius 2 is 1.95 bits per heavy atom. The minimum atomic E-state index is 0.315. The summed E-state index contributed by atoms with van der Waals surface area (Å²) in [5, 5.41) is 3.40. The molecule has 3 rings (SSSR count). The highest BCUT2D eigenvalue weighted by molar-refractivity contribution is 9.10. The van der Waals surface area contributed by atoms with E-state index in [1.807, 2.05) is 18.2 Å². The van der Waals surface area contributed by atoms with E-state index in [0.29, 0.717) is 6.79 Å². The summed E-state index contributed by atoms with van der Waals surface area (Å²) in [6, 6.07) is 12.3. The second kappa shape index (κ2) is 5.13. The Hall–Kier alpha value is -1.68. The van der Waals surface area contributed by atoms with Crippen molar-refractivity contribution < 1.29 is 9.47 Å². The molecule has 0 spiro atoms. The summed E-state index contributed by atoms with van der Waals surface area (Å²) in [6.07, 6.45) is 0. The van der Waals surface area contributed by atoms with Crippen LogP contribution in [-0.4, -0.2) is 6.79 Å². The van der Waals surface area contributed by atoms with Crippen molar-refractivity contribution in [2.75, 3.05) is 12.1 Å². The first-order valence-electron chi connectivity index (χ1n) is 6.11. The van der Waals surface area contributed by atoms with E-state index >= 15 is 0 Å². The van der Waals surface area contributed by atoms with Crippen molar-refractivity contribution in [3.05, 3.63) is 52.0 Å². The van der Waals surface area contributed by atoms with Crippen LogP contribution in [0.2, 0.25) is 0 Å². The van der Waals surface area contributed by atoms with Crippen molar-refractivity contribution >= 4 is 21.6 Å². The first-order chi connectivity index (χ1) is 9.22. The molecule has 1 N–H and O–H groups in total. The molecule has 0 atom stereocenters. The topological polar surface area (TPSA) is 30.5 Å². The molecule has 2 aromatic carbocycles. The second-order valence-electron chi connectivity index (χ2n) is 4.52. The van der Waals surface area contributed by atoms with Crippen LogP contribution in [0.1, 0.15) is 11.1 Å². The summed E-state index contributed by atoms with van der Waals surface area (Å²) in [5.74, 6) is 1.64. The number of hydrogen-bond donors (Lipinski definition) is 1. The zero-order valence-electron chi connectivity index (χ0n) is 10.6. The van der Waals surface area contributed by atoms with Crippen LogP contribution in [0.25, 0.3) is 0 Å². The van der Waals surface area contributed by atoms with E-state index in [0.717, 1.165) is 33.8 Å². The van der Waals surface area contributed by atoms with Crippen LogP contribution in [0.5, 0.6) is 11.5 Å². The van der Waals surface area contributed by atoms with Gasteiger partial charge in [-0.1, -0.05) is 12.1 Å². The first-order valence-corrected chi connectivity index (χ1v) is 6.90. The predicted molar refractivity (Wildman–Crippen MR) is 78.8 cm³/mol. The van der Waals surface area contributed by atoms with Crippen LogP contribution in [0.4, 0.5) is 5.69 Å². The van der Waals surface area contributed by atoms with Crippen LogP contribution < -0.4 is 14.8 Å². The lowest BCUT2D eigenvalue weighted by Crippen LogP contribution is -2.00.